The predicted octanol–water partition coefficient (Wildman–Crippen LogP) is 2.88. The molecule has 0 saturated carbocycles. The number of hydrogen-bond donors (Lipinski definition) is 2. The summed E-state index contributed by atoms with van der Waals surface area (Å²) in [5.74, 6) is -3.89. The Morgan fingerprint density at radius 3 is 2.43 bits per heavy atom. The van der Waals surface area contributed by atoms with Crippen molar-refractivity contribution in [1.82, 2.24) is 15.5 Å². The van der Waals surface area contributed by atoms with Gasteiger partial charge in [0.25, 0.3) is 11.8 Å². The second kappa shape index (κ2) is 8.47. The SMILES string of the molecule is CC.O=C1CCN(c2cc(C(=O)N3CCC4(CNC4)C(F)(F)C3)ccc2Cl)C(=O)N1. The minimum absolute atomic E-state index is 0.106. The van der Waals surface area contributed by atoms with Gasteiger partial charge in [-0.3, -0.25) is 19.8 Å². The van der Waals surface area contributed by atoms with Crippen LogP contribution in [-0.2, 0) is 4.79 Å². The number of likely N-dealkylation sites (tertiary alicyclic amines) is 1. The lowest BCUT2D eigenvalue weighted by atomic mass is 9.70. The predicted molar refractivity (Wildman–Crippen MR) is 109 cm³/mol. The van der Waals surface area contributed by atoms with Gasteiger partial charge >= 0.3 is 6.03 Å². The van der Waals surface area contributed by atoms with Crippen LogP contribution in [0.5, 0.6) is 0 Å². The number of halogens is 3. The largest absolute Gasteiger partial charge is 0.333 e. The lowest BCUT2D eigenvalue weighted by Crippen LogP contribution is -2.69. The zero-order chi connectivity index (χ0) is 22.1. The van der Waals surface area contributed by atoms with E-state index in [2.05, 4.69) is 10.6 Å². The molecule has 4 amide bonds. The minimum Gasteiger partial charge on any atom is -0.333 e. The van der Waals surface area contributed by atoms with E-state index in [1.54, 1.807) is 0 Å². The molecule has 3 fully saturated rings. The highest BCUT2D eigenvalue weighted by atomic mass is 35.5. The number of nitrogens with one attached hydrogen (secondary N) is 2. The van der Waals surface area contributed by atoms with E-state index in [-0.39, 0.29) is 61.2 Å². The molecule has 0 atom stereocenters. The number of piperidine rings is 1. The third-order valence-electron chi connectivity index (χ3n) is 5.78. The molecule has 7 nitrogen and oxygen atoms in total. The maximum absolute atomic E-state index is 14.6. The molecule has 3 saturated heterocycles. The Kier molecular flexibility index (Phi) is 6.33. The van der Waals surface area contributed by atoms with Crippen LogP contribution in [-0.4, -0.2) is 61.4 Å². The Balaban J connectivity index is 0.00000124. The first-order chi connectivity index (χ1) is 14.2. The number of alkyl halides is 2. The fourth-order valence-corrected chi connectivity index (χ4v) is 4.10. The molecular weight excluding hydrogens is 418 g/mol. The maximum atomic E-state index is 14.6. The summed E-state index contributed by atoms with van der Waals surface area (Å²) in [7, 11) is 0. The van der Waals surface area contributed by atoms with E-state index in [0.717, 1.165) is 4.90 Å². The fraction of sp³-hybridized carbons (Fsp3) is 0.550. The van der Waals surface area contributed by atoms with Gasteiger partial charge in [0.15, 0.2) is 0 Å². The van der Waals surface area contributed by atoms with Crippen LogP contribution >= 0.6 is 11.6 Å². The number of carbonyl (C=O) groups is 3. The van der Waals surface area contributed by atoms with Gasteiger partial charge in [0.2, 0.25) is 5.91 Å². The van der Waals surface area contributed by atoms with Gasteiger partial charge in [0, 0.05) is 38.2 Å². The zero-order valence-corrected chi connectivity index (χ0v) is 17.7. The average Bonchev–Trinajstić information content (AvgIpc) is 2.68. The highest BCUT2D eigenvalue weighted by Gasteiger charge is 2.60. The summed E-state index contributed by atoms with van der Waals surface area (Å²) in [4.78, 5) is 38.7. The number of imide groups is 1. The number of anilines is 1. The molecule has 3 heterocycles. The number of nitrogens with zero attached hydrogens (tertiary/aromatic N) is 2. The van der Waals surface area contributed by atoms with Crippen molar-refractivity contribution < 1.29 is 23.2 Å². The van der Waals surface area contributed by atoms with E-state index in [1.807, 2.05) is 13.8 Å². The monoisotopic (exact) mass is 442 g/mol. The first-order valence-electron chi connectivity index (χ1n) is 10.0. The third-order valence-corrected chi connectivity index (χ3v) is 6.10. The van der Waals surface area contributed by atoms with Gasteiger partial charge in [-0.25, -0.2) is 13.6 Å². The fourth-order valence-electron chi connectivity index (χ4n) is 3.88. The molecule has 3 aliphatic heterocycles. The molecule has 164 valence electrons. The number of rotatable bonds is 2. The van der Waals surface area contributed by atoms with Gasteiger partial charge in [0.1, 0.15) is 0 Å². The molecule has 0 aromatic heterocycles. The topological polar surface area (TPSA) is 81.8 Å². The Hall–Kier alpha value is -2.26. The third kappa shape index (κ3) is 3.88. The molecule has 30 heavy (non-hydrogen) atoms. The summed E-state index contributed by atoms with van der Waals surface area (Å²) >= 11 is 6.17. The van der Waals surface area contributed by atoms with E-state index in [4.69, 9.17) is 11.6 Å². The number of urea groups is 1. The van der Waals surface area contributed by atoms with Gasteiger partial charge < -0.3 is 10.2 Å². The molecule has 3 aliphatic rings. The molecular formula is C20H25ClF2N4O3. The first kappa shape index (κ1) is 22.4. The molecule has 1 aromatic rings. The Labute approximate surface area is 178 Å². The maximum Gasteiger partial charge on any atom is 0.328 e. The Bertz CT molecular complexity index is 860. The smallest absolute Gasteiger partial charge is 0.328 e. The van der Waals surface area contributed by atoms with Crippen molar-refractivity contribution in [2.45, 2.75) is 32.6 Å². The lowest BCUT2D eigenvalue weighted by Gasteiger charge is -2.52. The van der Waals surface area contributed by atoms with Crippen LogP contribution < -0.4 is 15.5 Å². The van der Waals surface area contributed by atoms with Gasteiger partial charge in [-0.15, -0.1) is 0 Å². The minimum atomic E-state index is -2.96. The first-order valence-corrected chi connectivity index (χ1v) is 10.4. The van der Waals surface area contributed by atoms with Crippen LogP contribution in [0.2, 0.25) is 5.02 Å². The molecule has 0 aliphatic carbocycles. The van der Waals surface area contributed by atoms with Crippen LogP contribution in [0, 0.1) is 5.41 Å². The van der Waals surface area contributed by atoms with Crippen molar-refractivity contribution in [3.05, 3.63) is 28.8 Å². The standard InChI is InChI=1S/C18H19ClF2N4O3.C2H6/c19-12-2-1-11(7-13(12)25-5-3-14(26)23-16(25)28)15(27)24-6-4-17(8-22-9-17)18(20,21)10-24;1-2/h1-2,7,22H,3-6,8-10H2,(H,23,26,28);1-2H3. The molecule has 4 rings (SSSR count). The summed E-state index contributed by atoms with van der Waals surface area (Å²) in [5, 5.41) is 5.31. The highest BCUT2D eigenvalue weighted by Crippen LogP contribution is 2.46. The van der Waals surface area contributed by atoms with E-state index >= 15 is 0 Å². The van der Waals surface area contributed by atoms with E-state index in [1.165, 1.54) is 23.1 Å². The van der Waals surface area contributed by atoms with Crippen molar-refractivity contribution >= 4 is 35.1 Å². The number of benzene rings is 1. The normalized spacial score (nSPS) is 22.0. The van der Waals surface area contributed by atoms with Gasteiger partial charge in [0.05, 0.1) is 22.7 Å². The molecule has 1 aromatic carbocycles. The molecule has 10 heteroatoms. The van der Waals surface area contributed by atoms with Crippen LogP contribution in [0.3, 0.4) is 0 Å². The Morgan fingerprint density at radius 1 is 1.17 bits per heavy atom. The summed E-state index contributed by atoms with van der Waals surface area (Å²) in [6.07, 6.45) is 0.338. The van der Waals surface area contributed by atoms with E-state index < -0.39 is 29.8 Å². The summed E-state index contributed by atoms with van der Waals surface area (Å²) in [6, 6.07) is 3.68. The quantitative estimate of drug-likeness (QED) is 0.738. The van der Waals surface area contributed by atoms with Crippen molar-refractivity contribution in [2.75, 3.05) is 37.6 Å². The summed E-state index contributed by atoms with van der Waals surface area (Å²) < 4.78 is 29.2. The second-order valence-electron chi connectivity index (χ2n) is 7.49. The summed E-state index contributed by atoms with van der Waals surface area (Å²) in [6.45, 7) is 4.25. The average molecular weight is 443 g/mol. The van der Waals surface area contributed by atoms with Gasteiger partial charge in [-0.2, -0.15) is 0 Å². The van der Waals surface area contributed by atoms with Crippen LogP contribution in [0.4, 0.5) is 19.3 Å². The molecule has 0 radical (unpaired) electrons. The molecule has 0 bridgehead atoms. The molecule has 0 unspecified atom stereocenters. The highest BCUT2D eigenvalue weighted by molar-refractivity contribution is 6.34. The van der Waals surface area contributed by atoms with Gasteiger partial charge in [-0.05, 0) is 24.6 Å². The van der Waals surface area contributed by atoms with Gasteiger partial charge in [-0.1, -0.05) is 25.4 Å². The van der Waals surface area contributed by atoms with Crippen LogP contribution in [0.1, 0.15) is 37.0 Å². The Morgan fingerprint density at radius 2 is 1.87 bits per heavy atom. The van der Waals surface area contributed by atoms with Crippen molar-refractivity contribution in [3.63, 3.8) is 0 Å². The number of hydrogen-bond acceptors (Lipinski definition) is 4. The summed E-state index contributed by atoms with van der Waals surface area (Å²) in [5.41, 5.74) is -0.628. The molecule has 2 N–H and O–H groups in total. The van der Waals surface area contributed by atoms with Crippen molar-refractivity contribution in [3.8, 4) is 0 Å². The number of amides is 4. The number of carbonyl (C=O) groups excluding carboxylic acids is 3. The zero-order valence-electron chi connectivity index (χ0n) is 16.9. The van der Waals surface area contributed by atoms with E-state index in [9.17, 15) is 23.2 Å². The van der Waals surface area contributed by atoms with E-state index in [0.29, 0.717) is 0 Å². The van der Waals surface area contributed by atoms with Crippen molar-refractivity contribution in [1.29, 1.82) is 0 Å². The van der Waals surface area contributed by atoms with Crippen LogP contribution in [0.25, 0.3) is 0 Å². The molecule has 1 spiro atoms. The van der Waals surface area contributed by atoms with Crippen molar-refractivity contribution in [2.24, 2.45) is 5.41 Å². The van der Waals surface area contributed by atoms with Crippen LogP contribution in [0.15, 0.2) is 18.2 Å². The second-order valence-corrected chi connectivity index (χ2v) is 7.89. The lowest BCUT2D eigenvalue weighted by molar-refractivity contribution is -0.181.